The predicted octanol–water partition coefficient (Wildman–Crippen LogP) is 7.33. The number of aliphatic hydroxyl groups is 1. The summed E-state index contributed by atoms with van der Waals surface area (Å²) in [5.74, 6) is 6.74. The molecule has 0 radical (unpaired) electrons. The van der Waals surface area contributed by atoms with Gasteiger partial charge in [-0.3, -0.25) is 0 Å². The summed E-state index contributed by atoms with van der Waals surface area (Å²) in [5, 5.41) is 10.6. The van der Waals surface area contributed by atoms with Crippen molar-refractivity contribution in [3.05, 3.63) is 71.8 Å². The van der Waals surface area contributed by atoms with Crippen LogP contribution in [0.2, 0.25) is 0 Å². The summed E-state index contributed by atoms with van der Waals surface area (Å²) in [6.45, 7) is 5.96. The molecule has 1 aromatic rings. The lowest BCUT2D eigenvalue weighted by Crippen LogP contribution is -2.30. The molecule has 1 N–H and O–H groups in total. The van der Waals surface area contributed by atoms with Crippen LogP contribution in [0.3, 0.4) is 0 Å². The van der Waals surface area contributed by atoms with Gasteiger partial charge in [-0.2, -0.15) is 0 Å². The fourth-order valence-corrected chi connectivity index (χ4v) is 5.20. The largest absolute Gasteiger partial charge is 0.458 e. The summed E-state index contributed by atoms with van der Waals surface area (Å²) in [7, 11) is 0. The van der Waals surface area contributed by atoms with E-state index in [-0.39, 0.29) is 18.0 Å². The van der Waals surface area contributed by atoms with Gasteiger partial charge in [0.25, 0.3) is 0 Å². The first kappa shape index (κ1) is 29.9. The Morgan fingerprint density at radius 1 is 1.16 bits per heavy atom. The van der Waals surface area contributed by atoms with Gasteiger partial charge in [0, 0.05) is 12.0 Å². The maximum Gasteiger partial charge on any atom is 0.332 e. The minimum absolute atomic E-state index is 0.0247. The Hall–Kier alpha value is -2.61. The van der Waals surface area contributed by atoms with Crippen LogP contribution in [-0.4, -0.2) is 36.0 Å². The summed E-state index contributed by atoms with van der Waals surface area (Å²) in [5.41, 5.74) is 2.23. The number of hydrogen-bond donors (Lipinski definition) is 1. The highest BCUT2D eigenvalue weighted by molar-refractivity contribution is 5.71. The van der Waals surface area contributed by atoms with Crippen LogP contribution in [0.15, 0.2) is 66.3 Å². The number of hydrogen-bond acceptors (Lipinski definition) is 4. The number of rotatable bonds is 11. The van der Waals surface area contributed by atoms with Crippen LogP contribution in [0.1, 0.15) is 90.5 Å². The molecule has 0 aromatic heterocycles. The Morgan fingerprint density at radius 3 is 2.66 bits per heavy atom. The van der Waals surface area contributed by atoms with Gasteiger partial charge in [0.15, 0.2) is 0 Å². The molecule has 0 saturated heterocycles. The minimum Gasteiger partial charge on any atom is -0.458 e. The molecule has 0 heterocycles. The second-order valence-electron chi connectivity index (χ2n) is 11.8. The van der Waals surface area contributed by atoms with Crippen LogP contribution in [-0.2, 0) is 14.3 Å². The second kappa shape index (κ2) is 15.1. The van der Waals surface area contributed by atoms with E-state index in [9.17, 15) is 9.90 Å². The van der Waals surface area contributed by atoms with E-state index in [1.165, 1.54) is 37.7 Å². The number of carbonyl (C=O) groups excluding carboxylic acids is 1. The molecule has 38 heavy (non-hydrogen) atoms. The van der Waals surface area contributed by atoms with Gasteiger partial charge in [0.2, 0.25) is 0 Å². The van der Waals surface area contributed by atoms with Crippen molar-refractivity contribution in [3.8, 4) is 11.8 Å². The number of allylic oxidation sites excluding steroid dienone is 4. The molecule has 2 atom stereocenters. The highest BCUT2D eigenvalue weighted by Crippen LogP contribution is 2.47. The predicted molar refractivity (Wildman–Crippen MR) is 154 cm³/mol. The first-order valence-corrected chi connectivity index (χ1v) is 14.3. The maximum absolute atomic E-state index is 11.8. The molecule has 2 fully saturated rings. The van der Waals surface area contributed by atoms with Gasteiger partial charge in [-0.1, -0.05) is 78.8 Å². The van der Waals surface area contributed by atoms with Gasteiger partial charge >= 0.3 is 5.97 Å². The normalized spacial score (nSPS) is 21.2. The topological polar surface area (TPSA) is 55.8 Å². The molecule has 0 bridgehead atoms. The SMILES string of the molecule is CC(C)(C)OC(=O)COC/C=C1\CCCCC1/C=C/C=C/C(O)CCC1(CC#Cc2ccccc2)CCC1. The van der Waals surface area contributed by atoms with Crippen molar-refractivity contribution in [2.24, 2.45) is 11.3 Å². The Labute approximate surface area is 230 Å². The van der Waals surface area contributed by atoms with Crippen molar-refractivity contribution in [1.82, 2.24) is 0 Å². The molecule has 206 valence electrons. The van der Waals surface area contributed by atoms with Crippen LogP contribution in [0.5, 0.6) is 0 Å². The lowest BCUT2D eigenvalue weighted by Gasteiger charge is -2.41. The minimum atomic E-state index is -0.491. The number of benzene rings is 1. The van der Waals surface area contributed by atoms with Crippen LogP contribution in [0, 0.1) is 23.2 Å². The Morgan fingerprint density at radius 2 is 1.95 bits per heavy atom. The highest BCUT2D eigenvalue weighted by atomic mass is 16.6. The molecule has 0 spiro atoms. The van der Waals surface area contributed by atoms with Gasteiger partial charge in [-0.15, -0.1) is 0 Å². The molecule has 0 aliphatic heterocycles. The Balaban J connectivity index is 1.40. The molecule has 4 heteroatoms. The quantitative estimate of drug-likeness (QED) is 0.110. The fraction of sp³-hybridized carbons (Fsp3) is 0.559. The number of carbonyl (C=O) groups is 1. The van der Waals surface area contributed by atoms with Gasteiger partial charge in [0.05, 0.1) is 12.7 Å². The van der Waals surface area contributed by atoms with E-state index in [1.54, 1.807) is 0 Å². The number of ether oxygens (including phenoxy) is 2. The summed E-state index contributed by atoms with van der Waals surface area (Å²) in [4.78, 5) is 11.8. The van der Waals surface area contributed by atoms with Crippen molar-refractivity contribution >= 4 is 5.97 Å². The van der Waals surface area contributed by atoms with Gasteiger partial charge < -0.3 is 14.6 Å². The van der Waals surface area contributed by atoms with Gasteiger partial charge in [-0.05, 0) is 89.2 Å². The molecule has 2 saturated carbocycles. The van der Waals surface area contributed by atoms with E-state index in [1.807, 2.05) is 51.1 Å². The summed E-state index contributed by atoms with van der Waals surface area (Å²) in [6, 6.07) is 10.2. The average molecular weight is 519 g/mol. The smallest absolute Gasteiger partial charge is 0.332 e. The Kier molecular flexibility index (Phi) is 11.9. The van der Waals surface area contributed by atoms with Crippen LogP contribution in [0.4, 0.5) is 0 Å². The van der Waals surface area contributed by atoms with Gasteiger partial charge in [-0.25, -0.2) is 4.79 Å². The van der Waals surface area contributed by atoms with E-state index < -0.39 is 11.7 Å². The third-order valence-electron chi connectivity index (χ3n) is 7.45. The van der Waals surface area contributed by atoms with Crippen molar-refractivity contribution in [1.29, 1.82) is 0 Å². The second-order valence-corrected chi connectivity index (χ2v) is 11.8. The average Bonchev–Trinajstić information content (AvgIpc) is 2.86. The zero-order valence-corrected chi connectivity index (χ0v) is 23.6. The molecule has 2 aliphatic carbocycles. The molecular weight excluding hydrogens is 472 g/mol. The zero-order valence-electron chi connectivity index (χ0n) is 23.6. The van der Waals surface area contributed by atoms with Crippen molar-refractivity contribution in [2.75, 3.05) is 13.2 Å². The lowest BCUT2D eigenvalue weighted by molar-refractivity contribution is -0.159. The van der Waals surface area contributed by atoms with E-state index in [0.29, 0.717) is 12.5 Å². The molecule has 4 nitrogen and oxygen atoms in total. The van der Waals surface area contributed by atoms with Crippen molar-refractivity contribution in [2.45, 2.75) is 96.7 Å². The maximum atomic E-state index is 11.8. The molecule has 0 amide bonds. The standard InChI is InChI=1S/C34H46O4/c1-33(2,3)38-32(36)27-37-26-21-30-18-8-7-16-29(30)17-9-10-19-31(35)20-25-34(23-12-24-34)22-11-15-28-13-5-4-6-14-28/h4-6,9-10,13-14,17,19,21,29,31,35H,7-8,12,16,18,20,22-27H2,1-3H3/b17-9+,19-10+,30-21+. The Bertz CT molecular complexity index is 1010. The third-order valence-corrected chi connectivity index (χ3v) is 7.45. The highest BCUT2D eigenvalue weighted by Gasteiger charge is 2.35. The van der Waals surface area contributed by atoms with Crippen LogP contribution >= 0.6 is 0 Å². The third kappa shape index (κ3) is 11.0. The zero-order chi connectivity index (χ0) is 27.3. The fourth-order valence-electron chi connectivity index (χ4n) is 5.20. The van der Waals surface area contributed by atoms with Crippen LogP contribution < -0.4 is 0 Å². The van der Waals surface area contributed by atoms with Crippen LogP contribution in [0.25, 0.3) is 0 Å². The lowest BCUT2D eigenvalue weighted by atomic mass is 9.64. The molecule has 3 rings (SSSR count). The van der Waals surface area contributed by atoms with Crippen molar-refractivity contribution < 1.29 is 19.4 Å². The first-order chi connectivity index (χ1) is 18.2. The van der Waals surface area contributed by atoms with E-state index in [4.69, 9.17) is 9.47 Å². The summed E-state index contributed by atoms with van der Waals surface area (Å²) in [6.07, 6.45) is 20.9. The van der Waals surface area contributed by atoms with Gasteiger partial charge in [0.1, 0.15) is 12.2 Å². The van der Waals surface area contributed by atoms with E-state index in [2.05, 4.69) is 42.2 Å². The van der Waals surface area contributed by atoms with Crippen molar-refractivity contribution in [3.63, 3.8) is 0 Å². The van der Waals surface area contributed by atoms with E-state index >= 15 is 0 Å². The molecule has 1 aromatic carbocycles. The molecule has 2 aliphatic rings. The number of esters is 1. The summed E-state index contributed by atoms with van der Waals surface area (Å²) < 4.78 is 10.8. The molecule has 2 unspecified atom stereocenters. The first-order valence-electron chi connectivity index (χ1n) is 14.3. The monoisotopic (exact) mass is 518 g/mol. The molecular formula is C34H46O4. The van der Waals surface area contributed by atoms with E-state index in [0.717, 1.165) is 37.7 Å². The summed E-state index contributed by atoms with van der Waals surface area (Å²) >= 11 is 0. The number of aliphatic hydroxyl groups excluding tert-OH is 1.